The second-order valence-electron chi connectivity index (χ2n) is 8.22. The Hall–Kier alpha value is -2.13. The van der Waals surface area contributed by atoms with E-state index in [1.54, 1.807) is 0 Å². The number of hydrogen-bond donors (Lipinski definition) is 1. The quantitative estimate of drug-likeness (QED) is 0.316. The van der Waals surface area contributed by atoms with Crippen LogP contribution in [0.1, 0.15) is 72.1 Å². The Kier molecular flexibility index (Phi) is 16.2. The highest BCUT2D eigenvalue weighted by atomic mass is 16.2. The molecule has 0 bridgehead atoms. The van der Waals surface area contributed by atoms with Gasteiger partial charge in [-0.25, -0.2) is 0 Å². The highest BCUT2D eigenvalue weighted by Gasteiger charge is 2.23. The third-order valence-electron chi connectivity index (χ3n) is 5.03. The summed E-state index contributed by atoms with van der Waals surface area (Å²) in [7, 11) is 0. The Balaban J connectivity index is 2.01. The van der Waals surface area contributed by atoms with Gasteiger partial charge in [-0.15, -0.1) is 0 Å². The first-order chi connectivity index (χ1) is 15.1. The number of allylic oxidation sites excluding steroid dienone is 12. The molecule has 0 aromatic heterocycles. The van der Waals surface area contributed by atoms with E-state index in [1.165, 1.54) is 0 Å². The van der Waals surface area contributed by atoms with Gasteiger partial charge in [-0.1, -0.05) is 79.8 Å². The van der Waals surface area contributed by atoms with E-state index in [-0.39, 0.29) is 5.91 Å². The van der Waals surface area contributed by atoms with Gasteiger partial charge in [0.25, 0.3) is 0 Å². The molecular weight excluding hydrogens is 380 g/mol. The topological polar surface area (TPSA) is 32.3 Å². The molecule has 2 atom stereocenters. The third kappa shape index (κ3) is 15.3. The molecule has 1 saturated heterocycles. The Morgan fingerprint density at radius 3 is 1.52 bits per heavy atom. The van der Waals surface area contributed by atoms with Gasteiger partial charge in [0.15, 0.2) is 0 Å². The van der Waals surface area contributed by atoms with Gasteiger partial charge in [0.05, 0.1) is 0 Å². The molecular formula is C28H44N2O. The van der Waals surface area contributed by atoms with Crippen molar-refractivity contribution in [1.82, 2.24) is 10.2 Å². The number of carbonyl (C=O) groups is 1. The molecule has 1 aliphatic heterocycles. The lowest BCUT2D eigenvalue weighted by molar-refractivity contribution is -0.132. The predicted octanol–water partition coefficient (Wildman–Crippen LogP) is 6.67. The number of rotatable bonds is 14. The minimum absolute atomic E-state index is 0.278. The first-order valence-electron chi connectivity index (χ1n) is 12.1. The maximum absolute atomic E-state index is 12.3. The van der Waals surface area contributed by atoms with Crippen molar-refractivity contribution >= 4 is 5.91 Å². The van der Waals surface area contributed by atoms with E-state index >= 15 is 0 Å². The molecule has 1 heterocycles. The largest absolute Gasteiger partial charge is 0.340 e. The van der Waals surface area contributed by atoms with Crippen LogP contribution < -0.4 is 5.32 Å². The first-order valence-corrected chi connectivity index (χ1v) is 12.1. The molecule has 3 nitrogen and oxygen atoms in total. The van der Waals surface area contributed by atoms with Crippen molar-refractivity contribution in [2.75, 3.05) is 13.1 Å². The lowest BCUT2D eigenvalue weighted by Crippen LogP contribution is -2.55. The van der Waals surface area contributed by atoms with Crippen LogP contribution in [0.2, 0.25) is 0 Å². The van der Waals surface area contributed by atoms with Gasteiger partial charge in [-0.3, -0.25) is 4.79 Å². The minimum atomic E-state index is 0.278. The van der Waals surface area contributed by atoms with Crippen LogP contribution in [0.25, 0.3) is 0 Å². The summed E-state index contributed by atoms with van der Waals surface area (Å²) in [6.45, 7) is 8.09. The summed E-state index contributed by atoms with van der Waals surface area (Å²) in [6, 6.07) is 0.775. The van der Waals surface area contributed by atoms with E-state index in [2.05, 4.69) is 99.0 Å². The molecule has 0 saturated carbocycles. The second-order valence-corrected chi connectivity index (χ2v) is 8.22. The van der Waals surface area contributed by atoms with Crippen LogP contribution in [0.5, 0.6) is 0 Å². The maximum Gasteiger partial charge on any atom is 0.222 e. The van der Waals surface area contributed by atoms with E-state index in [1.807, 2.05) is 4.90 Å². The van der Waals surface area contributed by atoms with Gasteiger partial charge in [0, 0.05) is 31.6 Å². The van der Waals surface area contributed by atoms with Crippen LogP contribution in [-0.4, -0.2) is 36.0 Å². The molecule has 1 fully saturated rings. The highest BCUT2D eigenvalue weighted by Crippen LogP contribution is 2.07. The van der Waals surface area contributed by atoms with Gasteiger partial charge in [0.1, 0.15) is 0 Å². The molecule has 0 aromatic carbocycles. The van der Waals surface area contributed by atoms with Crippen LogP contribution in [0.15, 0.2) is 72.9 Å². The van der Waals surface area contributed by atoms with Gasteiger partial charge >= 0.3 is 0 Å². The zero-order valence-corrected chi connectivity index (χ0v) is 20.0. The number of piperazine rings is 1. The van der Waals surface area contributed by atoms with Crippen LogP contribution >= 0.6 is 0 Å². The average molecular weight is 425 g/mol. The third-order valence-corrected chi connectivity index (χ3v) is 5.03. The summed E-state index contributed by atoms with van der Waals surface area (Å²) in [5.41, 5.74) is 0. The van der Waals surface area contributed by atoms with Crippen molar-refractivity contribution in [2.24, 2.45) is 0 Å². The molecule has 1 rings (SSSR count). The van der Waals surface area contributed by atoms with Gasteiger partial charge in [-0.05, 0) is 58.8 Å². The number of nitrogens with one attached hydrogen (secondary N) is 1. The molecule has 1 N–H and O–H groups in total. The number of nitrogens with zero attached hydrogens (tertiary/aromatic N) is 1. The molecule has 31 heavy (non-hydrogen) atoms. The summed E-state index contributed by atoms with van der Waals surface area (Å²) in [6.07, 6.45) is 33.9. The highest BCUT2D eigenvalue weighted by molar-refractivity contribution is 5.76. The Bertz CT molecular complexity index is 629. The van der Waals surface area contributed by atoms with Gasteiger partial charge in [-0.2, -0.15) is 0 Å². The molecule has 0 unspecified atom stereocenters. The lowest BCUT2D eigenvalue weighted by atomic mass is 10.1. The Morgan fingerprint density at radius 1 is 0.710 bits per heavy atom. The van der Waals surface area contributed by atoms with Crippen molar-refractivity contribution in [2.45, 2.75) is 84.2 Å². The average Bonchev–Trinajstić information content (AvgIpc) is 2.74. The number of hydrogen-bond acceptors (Lipinski definition) is 2. The van der Waals surface area contributed by atoms with Gasteiger partial charge < -0.3 is 10.2 Å². The first kappa shape index (κ1) is 26.9. The van der Waals surface area contributed by atoms with Crippen LogP contribution in [-0.2, 0) is 4.79 Å². The molecule has 1 amide bonds. The predicted molar refractivity (Wildman–Crippen MR) is 136 cm³/mol. The van der Waals surface area contributed by atoms with Gasteiger partial charge in [0.2, 0.25) is 5.91 Å². The normalized spacial score (nSPS) is 20.7. The fourth-order valence-electron chi connectivity index (χ4n) is 3.53. The minimum Gasteiger partial charge on any atom is -0.340 e. The Labute approximate surface area is 191 Å². The van der Waals surface area contributed by atoms with E-state index in [0.29, 0.717) is 18.5 Å². The second kappa shape index (κ2) is 18.6. The van der Waals surface area contributed by atoms with E-state index in [9.17, 15) is 4.79 Å². The molecule has 0 radical (unpaired) electrons. The summed E-state index contributed by atoms with van der Waals surface area (Å²) >= 11 is 0. The Morgan fingerprint density at radius 2 is 1.10 bits per heavy atom. The molecule has 0 aromatic rings. The summed E-state index contributed by atoms with van der Waals surface area (Å²) in [5, 5.41) is 3.47. The summed E-state index contributed by atoms with van der Waals surface area (Å²) in [5.74, 6) is 0.278. The van der Waals surface area contributed by atoms with Crippen molar-refractivity contribution in [3.63, 3.8) is 0 Å². The molecule has 1 aliphatic rings. The van der Waals surface area contributed by atoms with Crippen molar-refractivity contribution in [3.8, 4) is 0 Å². The zero-order valence-electron chi connectivity index (χ0n) is 20.0. The maximum atomic E-state index is 12.3. The van der Waals surface area contributed by atoms with E-state index in [4.69, 9.17) is 0 Å². The number of amides is 1. The fraction of sp³-hybridized carbons (Fsp3) is 0.536. The van der Waals surface area contributed by atoms with E-state index in [0.717, 1.165) is 58.0 Å². The molecule has 0 spiro atoms. The van der Waals surface area contributed by atoms with Crippen LogP contribution in [0.3, 0.4) is 0 Å². The fourth-order valence-corrected chi connectivity index (χ4v) is 3.53. The summed E-state index contributed by atoms with van der Waals surface area (Å²) in [4.78, 5) is 14.3. The van der Waals surface area contributed by atoms with Crippen molar-refractivity contribution < 1.29 is 4.79 Å². The van der Waals surface area contributed by atoms with E-state index < -0.39 is 0 Å². The monoisotopic (exact) mass is 424 g/mol. The van der Waals surface area contributed by atoms with Crippen LogP contribution in [0, 0.1) is 0 Å². The summed E-state index contributed by atoms with van der Waals surface area (Å²) < 4.78 is 0. The van der Waals surface area contributed by atoms with Crippen LogP contribution in [0.4, 0.5) is 0 Å². The lowest BCUT2D eigenvalue weighted by Gasteiger charge is -2.36. The molecule has 172 valence electrons. The molecule has 3 heteroatoms. The smallest absolute Gasteiger partial charge is 0.222 e. The SMILES string of the molecule is CCC=CCC=CCC=CCC=CCC=CCC=CCCC(=O)N1C[C@@H](C)N[C@@H](C)C1. The molecule has 0 aliphatic carbocycles. The number of carbonyl (C=O) groups excluding carboxylic acids is 1. The zero-order chi connectivity index (χ0) is 22.6. The van der Waals surface area contributed by atoms with Crippen molar-refractivity contribution in [1.29, 1.82) is 0 Å². The van der Waals surface area contributed by atoms with Crippen molar-refractivity contribution in [3.05, 3.63) is 72.9 Å². The standard InChI is InChI=1S/C28H44N2O/c1-4-5-6-7-8-9-10-11-12-13-14-15-16-17-18-19-20-21-22-23-28(31)30-24-26(2)29-27(3)25-30/h5-6,8-9,11-12,14-15,17-18,20-21,26-27,29H,4,7,10,13,16,19,22-25H2,1-3H3/t26-,27+.